The Kier molecular flexibility index (Phi) is 12.6. The summed E-state index contributed by atoms with van der Waals surface area (Å²) in [6.07, 6.45) is -3.76. The maximum absolute atomic E-state index is 14.3. The number of likely N-dealkylation sites (tertiary alicyclic amines) is 2. The van der Waals surface area contributed by atoms with Gasteiger partial charge in [0.2, 0.25) is 29.4 Å². The number of Topliss-reactive ketones (excluding diaryl/α,β-unsaturated/α-hetero) is 1. The largest absolute Gasteiger partial charge is 0.507 e. The quantitative estimate of drug-likeness (QED) is 0.119. The molecule has 9 rings (SSSR count). The Morgan fingerprint density at radius 1 is 0.894 bits per heavy atom. The average molecular weight is 936 g/mol. The third-order valence-electron chi connectivity index (χ3n) is 14.1. The number of unbranched alkanes of at least 4 members (excludes halogenated alkanes) is 2. The first-order valence-corrected chi connectivity index (χ1v) is 23.4. The zero-order valence-electron chi connectivity index (χ0n) is 37.0. The summed E-state index contributed by atoms with van der Waals surface area (Å²) in [4.78, 5) is 98.0. The van der Waals surface area contributed by atoms with E-state index < -0.39 is 118 Å². The molecule has 66 heavy (non-hydrogen) atoms. The zero-order valence-corrected chi connectivity index (χ0v) is 37.8. The number of morpholine rings is 1. The Balaban J connectivity index is 0.947. The lowest BCUT2D eigenvalue weighted by Crippen LogP contribution is -2.55. The van der Waals surface area contributed by atoms with E-state index in [4.69, 9.17) is 28.4 Å². The third-order valence-corrected chi connectivity index (χ3v) is 15.3. The van der Waals surface area contributed by atoms with Crippen LogP contribution < -0.4 is 4.74 Å². The van der Waals surface area contributed by atoms with Crippen molar-refractivity contribution >= 4 is 52.7 Å². The van der Waals surface area contributed by atoms with Crippen molar-refractivity contribution in [3.8, 4) is 17.2 Å². The van der Waals surface area contributed by atoms with Gasteiger partial charge in [-0.25, -0.2) is 0 Å². The van der Waals surface area contributed by atoms with Gasteiger partial charge in [0.25, 0.3) is 0 Å². The molecule has 0 aromatic heterocycles. The van der Waals surface area contributed by atoms with E-state index in [1.165, 1.54) is 37.3 Å². The van der Waals surface area contributed by atoms with Crippen molar-refractivity contribution in [3.05, 3.63) is 51.6 Å². The van der Waals surface area contributed by atoms with E-state index in [1.54, 1.807) is 6.92 Å². The molecule has 2 aliphatic carbocycles. The maximum atomic E-state index is 14.3. The summed E-state index contributed by atoms with van der Waals surface area (Å²) in [5.74, 6) is -5.67. The van der Waals surface area contributed by atoms with Gasteiger partial charge in [-0.1, -0.05) is 19.1 Å². The fraction of sp³-hybridized carbons (Fsp3) is 0.587. The Labute approximate surface area is 383 Å². The monoisotopic (exact) mass is 935 g/mol. The zero-order chi connectivity index (χ0) is 46.9. The molecule has 0 spiro atoms. The number of ether oxygens (including phenoxy) is 6. The van der Waals surface area contributed by atoms with Gasteiger partial charge in [0.15, 0.2) is 30.4 Å². The van der Waals surface area contributed by atoms with Gasteiger partial charge in [-0.15, -0.1) is 11.8 Å². The number of carbonyl (C=O) groups excluding carboxylic acids is 7. The molecular formula is C46H53N3O16S. The lowest BCUT2D eigenvalue weighted by Gasteiger charge is -2.43. The predicted octanol–water partition coefficient (Wildman–Crippen LogP) is 2.15. The first-order valence-electron chi connectivity index (χ1n) is 22.4. The highest BCUT2D eigenvalue weighted by Crippen LogP contribution is 2.53. The van der Waals surface area contributed by atoms with Crippen LogP contribution in [0.4, 0.5) is 0 Å². The number of thioether (sulfide) groups is 1. The van der Waals surface area contributed by atoms with Gasteiger partial charge < -0.3 is 43.7 Å². The topological polar surface area (TPSA) is 245 Å². The van der Waals surface area contributed by atoms with Crippen LogP contribution >= 0.6 is 11.8 Å². The molecule has 5 aliphatic heterocycles. The van der Waals surface area contributed by atoms with Gasteiger partial charge in [0.1, 0.15) is 29.0 Å². The molecular weight excluding hydrogens is 883 g/mol. The molecule has 3 N–H and O–H groups in total. The lowest BCUT2D eigenvalue weighted by molar-refractivity contribution is -0.256. The van der Waals surface area contributed by atoms with Crippen LogP contribution in [0.3, 0.4) is 0 Å². The molecule has 0 saturated carbocycles. The molecule has 2 unspecified atom stereocenters. The third kappa shape index (κ3) is 7.81. The van der Waals surface area contributed by atoms with E-state index in [9.17, 15) is 48.9 Å². The average Bonchev–Trinajstić information content (AvgIpc) is 3.89. The van der Waals surface area contributed by atoms with Gasteiger partial charge >= 0.3 is 0 Å². The van der Waals surface area contributed by atoms with Gasteiger partial charge in [-0.3, -0.25) is 48.3 Å². The minimum atomic E-state index is -2.30. The van der Waals surface area contributed by atoms with Gasteiger partial charge in [-0.2, -0.15) is 0 Å². The second kappa shape index (κ2) is 18.0. The standard InChI is InChI=1S/C46H53N3O16S/c1-21-15-30(51)48(42(21)57)11-6-5-7-12-49-31(52)17-28(43(49)58)66-20-29(50)46(59)18-24-34(40(56)36-35(38(24)54)37(53)23-9-8-10-26(60-3)33(23)39(36)55)27(19-46)64-32-16-25-41(22(2)63-32)65-44-45(61-4)62-14-13-47(25)44/h8-10,21-22,25,27-28,32,41,44-45,54,56,59H,5-7,11-20H2,1-4H3/t21?,22-,25-,27-,28?,32-,41+,44+,45-,46-/m0/s1. The van der Waals surface area contributed by atoms with Crippen LogP contribution in [0.15, 0.2) is 18.2 Å². The summed E-state index contributed by atoms with van der Waals surface area (Å²) in [5.41, 5.74) is -3.71. The van der Waals surface area contributed by atoms with E-state index in [1.807, 2.05) is 6.92 Å². The number of benzene rings is 2. The molecule has 10 atom stereocenters. The van der Waals surface area contributed by atoms with Gasteiger partial charge in [-0.05, 0) is 32.3 Å². The van der Waals surface area contributed by atoms with Crippen molar-refractivity contribution in [3.63, 3.8) is 0 Å². The number of aliphatic hydroxyl groups is 1. The molecule has 354 valence electrons. The molecule has 5 fully saturated rings. The van der Waals surface area contributed by atoms with E-state index in [0.717, 1.165) is 16.7 Å². The number of amides is 4. The molecule has 5 saturated heterocycles. The Morgan fingerprint density at radius 2 is 1.61 bits per heavy atom. The van der Waals surface area contributed by atoms with Gasteiger partial charge in [0, 0.05) is 87.5 Å². The fourth-order valence-electron chi connectivity index (χ4n) is 10.7. The van der Waals surface area contributed by atoms with Gasteiger partial charge in [0.05, 0.1) is 53.6 Å². The molecule has 20 heteroatoms. The number of ketones is 3. The maximum Gasteiger partial charge on any atom is 0.242 e. The first-order chi connectivity index (χ1) is 31.6. The minimum absolute atomic E-state index is 0.0718. The molecule has 2 aromatic rings. The number of methoxy groups -OCH3 is 2. The SMILES string of the molecule is COc1cccc2c1C(=O)c1c(O)c3c(c(O)c1C2=O)C[C@@](O)(C(=O)CSC1CC(=O)N(CCCCCN2C(=O)CC(C)C2=O)C1=O)C[C@@H]3O[C@H]1C[C@H]2[C@H](O[C@@H]3[C@@H](OC)OCCN32)[C@H](C)O1. The number of carbonyl (C=O) groups is 7. The van der Waals surface area contributed by atoms with Crippen LogP contribution in [-0.2, 0) is 54.1 Å². The predicted molar refractivity (Wildman–Crippen MR) is 229 cm³/mol. The van der Waals surface area contributed by atoms with E-state index in [0.29, 0.717) is 32.4 Å². The Bertz CT molecular complexity index is 2390. The summed E-state index contributed by atoms with van der Waals surface area (Å²) >= 11 is 0.898. The van der Waals surface area contributed by atoms with Crippen LogP contribution in [0.1, 0.15) is 108 Å². The van der Waals surface area contributed by atoms with Crippen LogP contribution in [0.25, 0.3) is 0 Å². The van der Waals surface area contributed by atoms with Crippen molar-refractivity contribution in [2.45, 2.75) is 119 Å². The summed E-state index contributed by atoms with van der Waals surface area (Å²) in [5, 5.41) is 35.6. The highest BCUT2D eigenvalue weighted by atomic mass is 32.2. The number of hydrogen-bond acceptors (Lipinski definition) is 18. The number of nitrogens with zero attached hydrogens (tertiary/aromatic N) is 3. The molecule has 5 heterocycles. The van der Waals surface area contributed by atoms with Crippen molar-refractivity contribution in [2.75, 3.05) is 46.2 Å². The normalized spacial score (nSPS) is 31.8. The number of rotatable bonds is 14. The number of aromatic hydroxyl groups is 2. The van der Waals surface area contributed by atoms with Crippen LogP contribution in [-0.4, -0.2) is 165 Å². The van der Waals surface area contributed by atoms with E-state index >= 15 is 0 Å². The highest BCUT2D eigenvalue weighted by molar-refractivity contribution is 8.01. The number of phenols is 2. The van der Waals surface area contributed by atoms with Crippen LogP contribution in [0.2, 0.25) is 0 Å². The second-order valence-electron chi connectivity index (χ2n) is 18.1. The summed E-state index contributed by atoms with van der Waals surface area (Å²) in [7, 11) is 2.86. The van der Waals surface area contributed by atoms with E-state index in [2.05, 4.69) is 4.90 Å². The summed E-state index contributed by atoms with van der Waals surface area (Å²) in [6.45, 7) is 4.84. The second-order valence-corrected chi connectivity index (χ2v) is 19.2. The molecule has 0 radical (unpaired) electrons. The summed E-state index contributed by atoms with van der Waals surface area (Å²) < 4.78 is 36.0. The molecule has 2 aromatic carbocycles. The first kappa shape index (κ1) is 46.3. The van der Waals surface area contributed by atoms with Crippen molar-refractivity contribution in [2.24, 2.45) is 5.92 Å². The Hall–Kier alpha value is -4.80. The molecule has 0 bridgehead atoms. The van der Waals surface area contributed by atoms with Crippen LogP contribution in [0.5, 0.6) is 17.2 Å². The number of phenolic OH excluding ortho intramolecular Hbond substituents is 2. The number of hydrogen-bond donors (Lipinski definition) is 3. The van der Waals surface area contributed by atoms with Crippen molar-refractivity contribution in [1.29, 1.82) is 0 Å². The number of imide groups is 2. The van der Waals surface area contributed by atoms with Crippen molar-refractivity contribution < 1.29 is 77.3 Å². The molecule has 19 nitrogen and oxygen atoms in total. The summed E-state index contributed by atoms with van der Waals surface area (Å²) in [6, 6.07) is 4.17. The van der Waals surface area contributed by atoms with Crippen LogP contribution in [0, 0.1) is 5.92 Å². The number of fused-ring (bicyclic) bond motifs is 6. The Morgan fingerprint density at radius 3 is 2.30 bits per heavy atom. The molecule has 4 amide bonds. The molecule has 7 aliphatic rings. The smallest absolute Gasteiger partial charge is 0.242 e. The fourth-order valence-corrected chi connectivity index (χ4v) is 11.8. The minimum Gasteiger partial charge on any atom is -0.507 e. The van der Waals surface area contributed by atoms with E-state index in [-0.39, 0.29) is 84.1 Å². The highest BCUT2D eigenvalue weighted by Gasteiger charge is 2.55. The lowest BCUT2D eigenvalue weighted by atomic mass is 9.72. The van der Waals surface area contributed by atoms with Crippen molar-refractivity contribution in [1.82, 2.24) is 14.7 Å².